The van der Waals surface area contributed by atoms with Gasteiger partial charge < -0.3 is 24.8 Å². The molecule has 0 aromatic carbocycles. The van der Waals surface area contributed by atoms with Crippen molar-refractivity contribution in [2.24, 2.45) is 0 Å². The van der Waals surface area contributed by atoms with Gasteiger partial charge in [-0.2, -0.15) is 0 Å². The number of rotatable bonds is 3. The van der Waals surface area contributed by atoms with Crippen molar-refractivity contribution in [3.63, 3.8) is 0 Å². The normalized spacial score (nSPS) is 10.9. The van der Waals surface area contributed by atoms with Crippen molar-refractivity contribution in [1.82, 2.24) is 0 Å². The zero-order valence-corrected chi connectivity index (χ0v) is 8.65. The van der Waals surface area contributed by atoms with Gasteiger partial charge in [-0.05, 0) is 13.0 Å². The lowest BCUT2D eigenvalue weighted by Gasteiger charge is -1.89. The number of aliphatic hydroxyl groups is 1. The number of aliphatic carboxylic acids is 1. The molecule has 0 aliphatic rings. The summed E-state index contributed by atoms with van der Waals surface area (Å²) in [5.41, 5.74) is -0.336. The molecule has 1 aromatic rings. The van der Waals surface area contributed by atoms with Crippen LogP contribution in [-0.4, -0.2) is 44.4 Å². The number of aliphatic hydroxyl groups excluding tert-OH is 1. The molecule has 0 saturated heterocycles. The molecule has 1 aromatic heterocycles. The molecule has 0 aliphatic carbocycles. The highest BCUT2D eigenvalue weighted by Gasteiger charge is 2.18. The van der Waals surface area contributed by atoms with E-state index in [0.29, 0.717) is 0 Å². The van der Waals surface area contributed by atoms with E-state index in [1.807, 2.05) is 0 Å². The van der Waals surface area contributed by atoms with Crippen LogP contribution in [0.5, 0.6) is 0 Å². The predicted molar refractivity (Wildman–Crippen MR) is 51.9 cm³/mol. The zero-order valence-electron chi connectivity index (χ0n) is 8.65. The van der Waals surface area contributed by atoms with E-state index in [1.54, 1.807) is 0 Å². The van der Waals surface area contributed by atoms with Gasteiger partial charge in [0.1, 0.15) is 11.7 Å². The SMILES string of the molecule is CC(O)C(=O)O.O=C(O)c1ccoc1C(=O)O. The molecule has 1 atom stereocenters. The highest BCUT2D eigenvalue weighted by Crippen LogP contribution is 2.09. The summed E-state index contributed by atoms with van der Waals surface area (Å²) < 4.78 is 4.41. The van der Waals surface area contributed by atoms with Crippen LogP contribution in [0.25, 0.3) is 0 Å². The Morgan fingerprint density at radius 2 is 1.65 bits per heavy atom. The Bertz CT molecular complexity index is 388. The maximum atomic E-state index is 10.3. The number of carbonyl (C=O) groups is 3. The van der Waals surface area contributed by atoms with Crippen LogP contribution in [0.3, 0.4) is 0 Å². The van der Waals surface area contributed by atoms with Crippen LogP contribution in [0, 0.1) is 0 Å². The van der Waals surface area contributed by atoms with Crippen LogP contribution in [0.1, 0.15) is 27.8 Å². The number of carboxylic acids is 3. The number of hydrogen-bond acceptors (Lipinski definition) is 5. The van der Waals surface area contributed by atoms with Crippen LogP contribution in [-0.2, 0) is 4.79 Å². The zero-order chi connectivity index (χ0) is 13.6. The Labute approximate surface area is 94.7 Å². The van der Waals surface area contributed by atoms with Crippen molar-refractivity contribution < 1.29 is 39.2 Å². The van der Waals surface area contributed by atoms with Gasteiger partial charge in [-0.15, -0.1) is 0 Å². The highest BCUT2D eigenvalue weighted by atomic mass is 16.4. The second kappa shape index (κ2) is 6.28. The molecule has 8 nitrogen and oxygen atoms in total. The fourth-order valence-corrected chi connectivity index (χ4v) is 0.643. The first kappa shape index (κ1) is 14.6. The van der Waals surface area contributed by atoms with Gasteiger partial charge in [0.2, 0.25) is 5.76 Å². The third-order valence-corrected chi connectivity index (χ3v) is 1.45. The summed E-state index contributed by atoms with van der Waals surface area (Å²) in [5.74, 6) is -4.42. The maximum absolute atomic E-state index is 10.3. The van der Waals surface area contributed by atoms with E-state index in [-0.39, 0.29) is 5.56 Å². The molecule has 0 amide bonds. The Hall–Kier alpha value is -2.35. The van der Waals surface area contributed by atoms with Gasteiger partial charge in [0, 0.05) is 0 Å². The summed E-state index contributed by atoms with van der Waals surface area (Å²) in [6, 6.07) is 1.09. The number of aromatic carboxylic acids is 2. The lowest BCUT2D eigenvalue weighted by molar-refractivity contribution is -0.145. The first-order valence-electron chi connectivity index (χ1n) is 4.22. The molecular formula is C9H10O8. The van der Waals surface area contributed by atoms with Crippen molar-refractivity contribution in [2.75, 3.05) is 0 Å². The van der Waals surface area contributed by atoms with E-state index in [9.17, 15) is 14.4 Å². The van der Waals surface area contributed by atoms with Crippen LogP contribution in [0.2, 0.25) is 0 Å². The van der Waals surface area contributed by atoms with Crippen molar-refractivity contribution in [3.8, 4) is 0 Å². The lowest BCUT2D eigenvalue weighted by Crippen LogP contribution is -2.13. The molecule has 0 aliphatic heterocycles. The Kier molecular flexibility index (Phi) is 5.41. The fraction of sp³-hybridized carbons (Fsp3) is 0.222. The van der Waals surface area contributed by atoms with Crippen molar-refractivity contribution in [1.29, 1.82) is 0 Å². The van der Waals surface area contributed by atoms with E-state index in [1.165, 1.54) is 6.92 Å². The largest absolute Gasteiger partial charge is 0.479 e. The average molecular weight is 246 g/mol. The average Bonchev–Trinajstić information content (AvgIpc) is 2.66. The second-order valence-corrected chi connectivity index (χ2v) is 2.79. The molecule has 8 heteroatoms. The van der Waals surface area contributed by atoms with Gasteiger partial charge in [0.15, 0.2) is 0 Å². The summed E-state index contributed by atoms with van der Waals surface area (Å²) >= 11 is 0. The first-order valence-corrected chi connectivity index (χ1v) is 4.22. The standard InChI is InChI=1S/C6H4O5.C3H6O3/c7-5(8)3-1-2-11-4(3)6(9)10;1-2(4)3(5)6/h1-2H,(H,7,8)(H,9,10);2,4H,1H3,(H,5,6). The molecule has 0 bridgehead atoms. The predicted octanol–water partition coefficient (Wildman–Crippen LogP) is 0.128. The van der Waals surface area contributed by atoms with Crippen molar-refractivity contribution in [3.05, 3.63) is 23.7 Å². The molecule has 17 heavy (non-hydrogen) atoms. The van der Waals surface area contributed by atoms with Crippen LogP contribution in [0.15, 0.2) is 16.7 Å². The first-order chi connectivity index (χ1) is 7.77. The van der Waals surface area contributed by atoms with Gasteiger partial charge in [0.05, 0.1) is 6.26 Å². The minimum atomic E-state index is -1.38. The molecule has 0 radical (unpaired) electrons. The summed E-state index contributed by atoms with van der Waals surface area (Å²) in [6.45, 7) is 1.20. The second-order valence-electron chi connectivity index (χ2n) is 2.79. The molecule has 0 fully saturated rings. The molecule has 1 heterocycles. The molecule has 0 spiro atoms. The molecule has 4 N–H and O–H groups in total. The van der Waals surface area contributed by atoms with E-state index >= 15 is 0 Å². The summed E-state index contributed by atoms with van der Waals surface area (Å²) in [6.07, 6.45) is -0.211. The molecule has 1 rings (SSSR count). The van der Waals surface area contributed by atoms with E-state index in [4.69, 9.17) is 20.4 Å². The van der Waals surface area contributed by atoms with Gasteiger partial charge in [-0.1, -0.05) is 0 Å². The number of carboxylic acid groups (broad SMARTS) is 3. The summed E-state index contributed by atoms with van der Waals surface area (Å²) in [7, 11) is 0. The Balaban J connectivity index is 0.000000366. The lowest BCUT2D eigenvalue weighted by atomic mass is 10.2. The van der Waals surface area contributed by atoms with Crippen molar-refractivity contribution >= 4 is 17.9 Å². The highest BCUT2D eigenvalue weighted by molar-refractivity contribution is 5.99. The van der Waals surface area contributed by atoms with Crippen LogP contribution >= 0.6 is 0 Å². The van der Waals surface area contributed by atoms with Gasteiger partial charge in [0.25, 0.3) is 0 Å². The third-order valence-electron chi connectivity index (χ3n) is 1.45. The topological polar surface area (TPSA) is 145 Å². The van der Waals surface area contributed by atoms with Gasteiger partial charge in [-0.3, -0.25) is 0 Å². The van der Waals surface area contributed by atoms with E-state index < -0.39 is 29.8 Å². The third kappa shape index (κ3) is 4.80. The molecular weight excluding hydrogens is 236 g/mol. The maximum Gasteiger partial charge on any atom is 0.372 e. The fourth-order valence-electron chi connectivity index (χ4n) is 0.643. The number of hydrogen-bond donors (Lipinski definition) is 4. The summed E-state index contributed by atoms with van der Waals surface area (Å²) in [5, 5.41) is 32.5. The monoisotopic (exact) mass is 246 g/mol. The molecule has 0 saturated carbocycles. The summed E-state index contributed by atoms with van der Waals surface area (Å²) in [4.78, 5) is 29.9. The smallest absolute Gasteiger partial charge is 0.372 e. The molecule has 94 valence electrons. The van der Waals surface area contributed by atoms with E-state index in [0.717, 1.165) is 12.3 Å². The molecule has 1 unspecified atom stereocenters. The number of furan rings is 1. The van der Waals surface area contributed by atoms with Gasteiger partial charge >= 0.3 is 17.9 Å². The van der Waals surface area contributed by atoms with Crippen LogP contribution in [0.4, 0.5) is 0 Å². The van der Waals surface area contributed by atoms with Crippen LogP contribution < -0.4 is 0 Å². The van der Waals surface area contributed by atoms with Gasteiger partial charge in [-0.25, -0.2) is 14.4 Å². The van der Waals surface area contributed by atoms with Crippen molar-refractivity contribution in [2.45, 2.75) is 13.0 Å². The minimum Gasteiger partial charge on any atom is -0.479 e. The van der Waals surface area contributed by atoms with E-state index in [2.05, 4.69) is 4.42 Å². The minimum absolute atomic E-state index is 0.336. The quantitative estimate of drug-likeness (QED) is 0.588. The Morgan fingerprint density at radius 3 is 1.88 bits per heavy atom. The Morgan fingerprint density at radius 1 is 1.18 bits per heavy atom.